The van der Waals surface area contributed by atoms with Crippen molar-refractivity contribution in [2.75, 3.05) is 0 Å². The van der Waals surface area contributed by atoms with E-state index in [4.69, 9.17) is 0 Å². The summed E-state index contributed by atoms with van der Waals surface area (Å²) in [6.45, 7) is 3.99. The lowest BCUT2D eigenvalue weighted by Crippen LogP contribution is -2.31. The number of aryl methyl sites for hydroxylation is 2. The van der Waals surface area contributed by atoms with Gasteiger partial charge in [-0.2, -0.15) is 5.10 Å². The lowest BCUT2D eigenvalue weighted by molar-refractivity contribution is -0.121. The normalized spacial score (nSPS) is 12.5. The van der Waals surface area contributed by atoms with E-state index in [1.54, 1.807) is 10.9 Å². The summed E-state index contributed by atoms with van der Waals surface area (Å²) < 4.78 is 3.77. The molecule has 23 heavy (non-hydrogen) atoms. The van der Waals surface area contributed by atoms with Crippen LogP contribution in [0.3, 0.4) is 0 Å². The van der Waals surface area contributed by atoms with Crippen LogP contribution in [0.5, 0.6) is 0 Å². The molecule has 1 atom stereocenters. The molecule has 6 nitrogen and oxygen atoms in total. The number of rotatable bonds is 5. The molecule has 0 aliphatic rings. The van der Waals surface area contributed by atoms with Crippen LogP contribution in [-0.2, 0) is 18.3 Å². The molecule has 3 aromatic heterocycles. The molecular formula is C17H21N5O. The van der Waals surface area contributed by atoms with Gasteiger partial charge in [-0.25, -0.2) is 4.98 Å². The van der Waals surface area contributed by atoms with Crippen molar-refractivity contribution in [2.45, 2.75) is 32.7 Å². The van der Waals surface area contributed by atoms with Gasteiger partial charge in [0.2, 0.25) is 5.91 Å². The number of fused-ring (bicyclic) bond motifs is 1. The van der Waals surface area contributed by atoms with Gasteiger partial charge in [-0.3, -0.25) is 9.48 Å². The Morgan fingerprint density at radius 1 is 1.35 bits per heavy atom. The van der Waals surface area contributed by atoms with Crippen molar-refractivity contribution in [3.8, 4) is 0 Å². The van der Waals surface area contributed by atoms with Crippen molar-refractivity contribution in [3.63, 3.8) is 0 Å². The summed E-state index contributed by atoms with van der Waals surface area (Å²) >= 11 is 0. The topological polar surface area (TPSA) is 64.2 Å². The maximum atomic E-state index is 12.5. The number of amides is 1. The van der Waals surface area contributed by atoms with Crippen molar-refractivity contribution in [2.24, 2.45) is 7.05 Å². The highest BCUT2D eigenvalue weighted by molar-refractivity contribution is 5.79. The van der Waals surface area contributed by atoms with E-state index >= 15 is 0 Å². The van der Waals surface area contributed by atoms with Crippen molar-refractivity contribution in [1.82, 2.24) is 24.5 Å². The fourth-order valence-electron chi connectivity index (χ4n) is 2.89. The number of hydrogen-bond donors (Lipinski definition) is 1. The fourth-order valence-corrected chi connectivity index (χ4v) is 2.89. The van der Waals surface area contributed by atoms with Crippen molar-refractivity contribution in [1.29, 1.82) is 0 Å². The predicted molar refractivity (Wildman–Crippen MR) is 88.0 cm³/mol. The van der Waals surface area contributed by atoms with Crippen molar-refractivity contribution >= 4 is 11.6 Å². The minimum atomic E-state index is -0.0329. The molecule has 0 aliphatic carbocycles. The molecule has 3 heterocycles. The van der Waals surface area contributed by atoms with E-state index in [-0.39, 0.29) is 11.9 Å². The maximum Gasteiger partial charge on any atom is 0.226 e. The summed E-state index contributed by atoms with van der Waals surface area (Å²) in [6.07, 6.45) is 4.82. The molecular weight excluding hydrogens is 290 g/mol. The third-order valence-electron chi connectivity index (χ3n) is 4.12. The van der Waals surface area contributed by atoms with Crippen LogP contribution in [0.15, 0.2) is 36.7 Å². The second-order valence-corrected chi connectivity index (χ2v) is 5.66. The van der Waals surface area contributed by atoms with Gasteiger partial charge in [-0.15, -0.1) is 0 Å². The highest BCUT2D eigenvalue weighted by Gasteiger charge is 2.18. The molecule has 1 amide bonds. The van der Waals surface area contributed by atoms with Crippen LogP contribution < -0.4 is 5.32 Å². The minimum Gasteiger partial charge on any atom is -0.347 e. The number of carbonyl (C=O) groups is 1. The number of aromatic nitrogens is 4. The van der Waals surface area contributed by atoms with Crippen LogP contribution in [0.4, 0.5) is 0 Å². The molecule has 0 fully saturated rings. The van der Waals surface area contributed by atoms with Gasteiger partial charge in [-0.05, 0) is 31.5 Å². The highest BCUT2D eigenvalue weighted by Crippen LogP contribution is 2.17. The Morgan fingerprint density at radius 2 is 2.17 bits per heavy atom. The number of carbonyl (C=O) groups excluding carboxylic acids is 1. The van der Waals surface area contributed by atoms with E-state index in [1.807, 2.05) is 48.8 Å². The van der Waals surface area contributed by atoms with E-state index in [0.717, 1.165) is 29.1 Å². The Labute approximate surface area is 135 Å². The van der Waals surface area contributed by atoms with E-state index < -0.39 is 0 Å². The van der Waals surface area contributed by atoms with Gasteiger partial charge in [0.05, 0.1) is 29.5 Å². The zero-order chi connectivity index (χ0) is 16.4. The smallest absolute Gasteiger partial charge is 0.226 e. The monoisotopic (exact) mass is 311 g/mol. The number of imidazole rings is 1. The lowest BCUT2D eigenvalue weighted by Gasteiger charge is -2.17. The molecule has 0 radical (unpaired) electrons. The SMILES string of the molecule is CC[C@@H](NC(=O)Cc1c(C)nc2ccccn12)c1ccnn1C. The number of pyridine rings is 1. The van der Waals surface area contributed by atoms with Gasteiger partial charge in [0.15, 0.2) is 0 Å². The second kappa shape index (κ2) is 6.24. The van der Waals surface area contributed by atoms with Crippen LogP contribution in [0.25, 0.3) is 5.65 Å². The summed E-state index contributed by atoms with van der Waals surface area (Å²) in [6, 6.07) is 7.74. The Bertz CT molecular complexity index is 832. The van der Waals surface area contributed by atoms with Crippen LogP contribution in [-0.4, -0.2) is 25.1 Å². The molecule has 0 unspecified atom stereocenters. The largest absolute Gasteiger partial charge is 0.347 e. The van der Waals surface area contributed by atoms with Gasteiger partial charge in [-0.1, -0.05) is 13.0 Å². The summed E-state index contributed by atoms with van der Waals surface area (Å²) in [7, 11) is 1.89. The molecule has 0 bridgehead atoms. The summed E-state index contributed by atoms with van der Waals surface area (Å²) in [4.78, 5) is 17.0. The van der Waals surface area contributed by atoms with Gasteiger partial charge in [0, 0.05) is 19.4 Å². The van der Waals surface area contributed by atoms with E-state index in [1.165, 1.54) is 0 Å². The first-order valence-corrected chi connectivity index (χ1v) is 7.80. The summed E-state index contributed by atoms with van der Waals surface area (Å²) in [5.41, 5.74) is 3.69. The summed E-state index contributed by atoms with van der Waals surface area (Å²) in [5.74, 6) is -0.00759. The summed E-state index contributed by atoms with van der Waals surface area (Å²) in [5, 5.41) is 7.27. The quantitative estimate of drug-likeness (QED) is 0.785. The molecule has 3 aromatic rings. The van der Waals surface area contributed by atoms with Gasteiger partial charge < -0.3 is 9.72 Å². The van der Waals surface area contributed by atoms with Gasteiger partial charge in [0.1, 0.15) is 5.65 Å². The molecule has 1 N–H and O–H groups in total. The van der Waals surface area contributed by atoms with Crippen LogP contribution in [0.1, 0.15) is 36.5 Å². The third-order valence-corrected chi connectivity index (χ3v) is 4.12. The number of nitrogens with one attached hydrogen (secondary N) is 1. The Kier molecular flexibility index (Phi) is 4.14. The molecule has 0 spiro atoms. The molecule has 0 saturated heterocycles. The van der Waals surface area contributed by atoms with E-state index in [9.17, 15) is 4.79 Å². The van der Waals surface area contributed by atoms with Gasteiger partial charge in [0.25, 0.3) is 0 Å². The first-order chi connectivity index (χ1) is 11.1. The zero-order valence-electron chi connectivity index (χ0n) is 13.7. The standard InChI is InChI=1S/C17H21N5O/c1-4-13(14-8-9-18-21(14)3)20-17(23)11-15-12(2)19-16-7-5-6-10-22(15)16/h5-10,13H,4,11H2,1-3H3,(H,20,23)/t13-/m1/s1. The number of hydrogen-bond acceptors (Lipinski definition) is 3. The average Bonchev–Trinajstić information content (AvgIpc) is 3.09. The zero-order valence-corrected chi connectivity index (χ0v) is 13.7. The Balaban J connectivity index is 1.78. The van der Waals surface area contributed by atoms with Crippen LogP contribution in [0.2, 0.25) is 0 Å². The van der Waals surface area contributed by atoms with Crippen molar-refractivity contribution in [3.05, 3.63) is 53.7 Å². The predicted octanol–water partition coefficient (Wildman–Crippen LogP) is 2.19. The average molecular weight is 311 g/mol. The Morgan fingerprint density at radius 3 is 2.87 bits per heavy atom. The van der Waals surface area contributed by atoms with Gasteiger partial charge >= 0.3 is 0 Å². The van der Waals surface area contributed by atoms with Crippen molar-refractivity contribution < 1.29 is 4.79 Å². The molecule has 3 rings (SSSR count). The lowest BCUT2D eigenvalue weighted by atomic mass is 10.1. The highest BCUT2D eigenvalue weighted by atomic mass is 16.1. The van der Waals surface area contributed by atoms with E-state index in [2.05, 4.69) is 22.3 Å². The Hall–Kier alpha value is -2.63. The molecule has 0 aromatic carbocycles. The van der Waals surface area contributed by atoms with E-state index in [0.29, 0.717) is 6.42 Å². The third kappa shape index (κ3) is 2.97. The second-order valence-electron chi connectivity index (χ2n) is 5.66. The molecule has 0 saturated carbocycles. The fraction of sp³-hybridized carbons (Fsp3) is 0.353. The maximum absolute atomic E-state index is 12.5. The number of nitrogens with zero attached hydrogens (tertiary/aromatic N) is 4. The minimum absolute atomic E-state index is 0.00759. The molecule has 0 aliphatic heterocycles. The molecule has 120 valence electrons. The first-order valence-electron chi connectivity index (χ1n) is 7.80. The first kappa shape index (κ1) is 15.3. The molecule has 6 heteroatoms. The van der Waals surface area contributed by atoms with Crippen LogP contribution in [0, 0.1) is 6.92 Å². The van der Waals surface area contributed by atoms with Crippen LogP contribution >= 0.6 is 0 Å².